The van der Waals surface area contributed by atoms with E-state index >= 15 is 0 Å². The maximum atomic E-state index is 13.0. The van der Waals surface area contributed by atoms with Crippen molar-refractivity contribution in [2.24, 2.45) is 0 Å². The van der Waals surface area contributed by atoms with Gasteiger partial charge < -0.3 is 20.3 Å². The molecule has 2 amide bonds. The number of urea groups is 1. The number of carbonyl (C=O) groups excluding carboxylic acids is 1. The summed E-state index contributed by atoms with van der Waals surface area (Å²) in [5.41, 5.74) is 2.93. The summed E-state index contributed by atoms with van der Waals surface area (Å²) in [6.45, 7) is 7.37. The zero-order chi connectivity index (χ0) is 30.3. The monoisotopic (exact) mass is 576 g/mol. The van der Waals surface area contributed by atoms with Crippen LogP contribution in [0.15, 0.2) is 91.1 Å². The molecule has 0 bridgehead atoms. The third-order valence-electron chi connectivity index (χ3n) is 6.62. The molecule has 42 heavy (non-hydrogen) atoms. The average molecular weight is 577 g/mol. The molecule has 1 aromatic heterocycles. The summed E-state index contributed by atoms with van der Waals surface area (Å²) < 4.78 is 45.1. The first kappa shape index (κ1) is 30.6. The van der Waals surface area contributed by atoms with Crippen LogP contribution in [0.1, 0.15) is 43.0 Å². The van der Waals surface area contributed by atoms with Gasteiger partial charge in [0.25, 0.3) is 0 Å². The number of carbonyl (C=O) groups is 1. The van der Waals surface area contributed by atoms with E-state index in [0.717, 1.165) is 17.2 Å². The highest BCUT2D eigenvalue weighted by Gasteiger charge is 2.30. The molecule has 9 heteroatoms. The standard InChI is InChI=1S/C33H35F3N4O2/c1-32(2,3)27-11-5-6-13-29(27)42-30-28(12-8-19-37-30)39-31(41)38-26-16-14-23(15-17-26)18-20-40(4)22-24-9-7-10-25(21-24)33(34,35)36/h5-17,19,21H,18,20,22H2,1-4H3,(H2,38,39,41). The van der Waals surface area contributed by atoms with Crippen LogP contribution in [0.5, 0.6) is 11.6 Å². The Kier molecular flexibility index (Phi) is 9.52. The van der Waals surface area contributed by atoms with E-state index in [-0.39, 0.29) is 11.3 Å². The lowest BCUT2D eigenvalue weighted by molar-refractivity contribution is -0.137. The van der Waals surface area contributed by atoms with Crippen LogP contribution in [0, 0.1) is 0 Å². The first-order valence-corrected chi connectivity index (χ1v) is 13.6. The number of likely N-dealkylation sites (N-methyl/N-ethyl adjacent to an activating group) is 1. The molecule has 220 valence electrons. The van der Waals surface area contributed by atoms with Crippen LogP contribution in [0.3, 0.4) is 0 Å². The van der Waals surface area contributed by atoms with Gasteiger partial charge >= 0.3 is 12.2 Å². The molecule has 0 aliphatic rings. The summed E-state index contributed by atoms with van der Waals surface area (Å²) in [6, 6.07) is 23.6. The lowest BCUT2D eigenvalue weighted by Gasteiger charge is -2.22. The van der Waals surface area contributed by atoms with Gasteiger partial charge in [-0.05, 0) is 66.4 Å². The van der Waals surface area contributed by atoms with Gasteiger partial charge in [-0.3, -0.25) is 0 Å². The van der Waals surface area contributed by atoms with Crippen molar-refractivity contribution in [1.29, 1.82) is 0 Å². The Morgan fingerprint density at radius 1 is 0.881 bits per heavy atom. The number of benzene rings is 3. The number of nitrogens with one attached hydrogen (secondary N) is 2. The van der Waals surface area contributed by atoms with E-state index in [1.165, 1.54) is 12.1 Å². The van der Waals surface area contributed by atoms with Crippen molar-refractivity contribution in [1.82, 2.24) is 9.88 Å². The van der Waals surface area contributed by atoms with Gasteiger partial charge in [-0.25, -0.2) is 9.78 Å². The minimum Gasteiger partial charge on any atom is -0.437 e. The highest BCUT2D eigenvalue weighted by molar-refractivity contribution is 6.00. The quantitative estimate of drug-likeness (QED) is 0.210. The Balaban J connectivity index is 1.31. The van der Waals surface area contributed by atoms with Crippen molar-refractivity contribution in [3.8, 4) is 11.6 Å². The Bertz CT molecular complexity index is 1500. The van der Waals surface area contributed by atoms with E-state index in [0.29, 0.717) is 42.2 Å². The highest BCUT2D eigenvalue weighted by atomic mass is 19.4. The average Bonchev–Trinajstić information content (AvgIpc) is 2.93. The molecule has 2 N–H and O–H groups in total. The Morgan fingerprint density at radius 3 is 2.33 bits per heavy atom. The summed E-state index contributed by atoms with van der Waals surface area (Å²) in [5.74, 6) is 0.956. The molecule has 1 heterocycles. The van der Waals surface area contributed by atoms with Crippen LogP contribution in [0.2, 0.25) is 0 Å². The fourth-order valence-electron chi connectivity index (χ4n) is 4.44. The lowest BCUT2D eigenvalue weighted by atomic mass is 9.86. The summed E-state index contributed by atoms with van der Waals surface area (Å²) in [6.07, 6.45) is -2.05. The van der Waals surface area contributed by atoms with E-state index < -0.39 is 17.8 Å². The Labute approximate surface area is 244 Å². The van der Waals surface area contributed by atoms with E-state index in [2.05, 4.69) is 36.4 Å². The number of nitrogens with zero attached hydrogens (tertiary/aromatic N) is 2. The second kappa shape index (κ2) is 13.1. The summed E-state index contributed by atoms with van der Waals surface area (Å²) in [7, 11) is 1.87. The molecule has 6 nitrogen and oxygen atoms in total. The second-order valence-corrected chi connectivity index (χ2v) is 11.2. The molecule has 0 fully saturated rings. The third kappa shape index (κ3) is 8.57. The number of ether oxygens (including phenoxy) is 1. The maximum Gasteiger partial charge on any atom is 0.416 e. The minimum absolute atomic E-state index is 0.138. The molecule has 0 spiro atoms. The number of anilines is 2. The predicted octanol–water partition coefficient (Wildman–Crippen LogP) is 8.51. The minimum atomic E-state index is -4.35. The Morgan fingerprint density at radius 2 is 1.62 bits per heavy atom. The van der Waals surface area contributed by atoms with Gasteiger partial charge in [-0.1, -0.05) is 69.3 Å². The summed E-state index contributed by atoms with van der Waals surface area (Å²) >= 11 is 0. The molecular weight excluding hydrogens is 541 g/mol. The van der Waals surface area contributed by atoms with Crippen LogP contribution < -0.4 is 15.4 Å². The normalized spacial score (nSPS) is 11.8. The Hall–Kier alpha value is -4.37. The topological polar surface area (TPSA) is 66.5 Å². The van der Waals surface area contributed by atoms with Crippen LogP contribution >= 0.6 is 0 Å². The molecular formula is C33H35F3N4O2. The van der Waals surface area contributed by atoms with Gasteiger partial charge in [-0.15, -0.1) is 0 Å². The number of aromatic nitrogens is 1. The van der Waals surface area contributed by atoms with E-state index in [1.54, 1.807) is 24.4 Å². The molecule has 4 rings (SSSR count). The van der Waals surface area contributed by atoms with Crippen molar-refractivity contribution in [2.45, 2.75) is 45.3 Å². The lowest BCUT2D eigenvalue weighted by Crippen LogP contribution is -2.21. The molecule has 4 aromatic rings. The van der Waals surface area contributed by atoms with Crippen molar-refractivity contribution in [2.75, 3.05) is 24.2 Å². The smallest absolute Gasteiger partial charge is 0.416 e. The van der Waals surface area contributed by atoms with E-state index in [1.807, 2.05) is 60.5 Å². The number of amides is 2. The molecule has 0 atom stereocenters. The molecule has 0 saturated heterocycles. The predicted molar refractivity (Wildman–Crippen MR) is 160 cm³/mol. The van der Waals surface area contributed by atoms with Gasteiger partial charge in [-0.2, -0.15) is 13.2 Å². The van der Waals surface area contributed by atoms with Gasteiger partial charge in [0.15, 0.2) is 0 Å². The van der Waals surface area contributed by atoms with Crippen LogP contribution in [-0.2, 0) is 24.6 Å². The van der Waals surface area contributed by atoms with Crippen molar-refractivity contribution in [3.05, 3.63) is 113 Å². The van der Waals surface area contributed by atoms with E-state index in [4.69, 9.17) is 4.74 Å². The van der Waals surface area contributed by atoms with Gasteiger partial charge in [0.2, 0.25) is 5.88 Å². The first-order chi connectivity index (χ1) is 19.9. The fraction of sp³-hybridized carbons (Fsp3) is 0.273. The maximum absolute atomic E-state index is 13.0. The van der Waals surface area contributed by atoms with Gasteiger partial charge in [0.05, 0.1) is 5.56 Å². The molecule has 0 radical (unpaired) electrons. The van der Waals surface area contributed by atoms with Gasteiger partial charge in [0.1, 0.15) is 11.4 Å². The highest BCUT2D eigenvalue weighted by Crippen LogP contribution is 2.35. The number of hydrogen-bond acceptors (Lipinski definition) is 4. The van der Waals surface area contributed by atoms with E-state index in [9.17, 15) is 18.0 Å². The second-order valence-electron chi connectivity index (χ2n) is 11.2. The van der Waals surface area contributed by atoms with Crippen molar-refractivity contribution in [3.63, 3.8) is 0 Å². The van der Waals surface area contributed by atoms with Gasteiger partial charge in [0, 0.05) is 30.5 Å². The zero-order valence-corrected chi connectivity index (χ0v) is 24.1. The number of alkyl halides is 3. The number of hydrogen-bond donors (Lipinski definition) is 2. The summed E-state index contributed by atoms with van der Waals surface area (Å²) in [5, 5.41) is 5.64. The third-order valence-corrected chi connectivity index (χ3v) is 6.62. The number of halogens is 3. The SMILES string of the molecule is CN(CCc1ccc(NC(=O)Nc2cccnc2Oc2ccccc2C(C)(C)C)cc1)Cc1cccc(C(F)(F)F)c1. The fourth-order valence-corrected chi connectivity index (χ4v) is 4.44. The van der Waals surface area contributed by atoms with Crippen LogP contribution in [0.25, 0.3) is 0 Å². The molecule has 0 aliphatic carbocycles. The van der Waals surface area contributed by atoms with Crippen molar-refractivity contribution >= 4 is 17.4 Å². The van der Waals surface area contributed by atoms with Crippen molar-refractivity contribution < 1.29 is 22.7 Å². The molecule has 0 aliphatic heterocycles. The van der Waals surface area contributed by atoms with Crippen LogP contribution in [0.4, 0.5) is 29.3 Å². The first-order valence-electron chi connectivity index (χ1n) is 13.6. The molecule has 3 aromatic carbocycles. The van der Waals surface area contributed by atoms with Crippen LogP contribution in [-0.4, -0.2) is 29.5 Å². The molecule has 0 unspecified atom stereocenters. The zero-order valence-electron chi connectivity index (χ0n) is 24.1. The number of rotatable bonds is 9. The number of pyridine rings is 1. The largest absolute Gasteiger partial charge is 0.437 e. The molecule has 0 saturated carbocycles. The summed E-state index contributed by atoms with van der Waals surface area (Å²) in [4.78, 5) is 19.1. The number of para-hydroxylation sites is 1.